The molecule has 96 valence electrons. The second-order valence-electron chi connectivity index (χ2n) is 3.78. The van der Waals surface area contributed by atoms with E-state index in [0.717, 1.165) is 12.2 Å². The van der Waals surface area contributed by atoms with Gasteiger partial charge in [0.25, 0.3) is 0 Å². The number of alkyl halides is 3. The normalized spacial score (nSPS) is 27.8. The number of halogens is 3. The molecule has 17 heavy (non-hydrogen) atoms. The highest BCUT2D eigenvalue weighted by molar-refractivity contribution is 5.80. The van der Waals surface area contributed by atoms with Crippen molar-refractivity contribution in [3.63, 3.8) is 0 Å². The zero-order valence-corrected chi connectivity index (χ0v) is 8.61. The number of carboxylic acid groups (broad SMARTS) is 1. The predicted molar refractivity (Wildman–Crippen MR) is 51.1 cm³/mol. The van der Waals surface area contributed by atoms with Crippen molar-refractivity contribution in [1.29, 1.82) is 0 Å². The third-order valence-corrected chi connectivity index (χ3v) is 2.89. The number of aliphatic hydroxyl groups excluding tert-OH is 1. The summed E-state index contributed by atoms with van der Waals surface area (Å²) in [4.78, 5) is 11.1. The van der Waals surface area contributed by atoms with E-state index in [1.165, 1.54) is 12.2 Å². The van der Waals surface area contributed by atoms with Gasteiger partial charge in [0.1, 0.15) is 5.41 Å². The van der Waals surface area contributed by atoms with Crippen molar-refractivity contribution in [2.75, 3.05) is 6.61 Å². The molecule has 1 rings (SSSR count). The zero-order chi connectivity index (χ0) is 13.3. The van der Waals surface area contributed by atoms with E-state index in [2.05, 4.69) is 0 Å². The number of allylic oxidation sites excluding steroid dienone is 3. The monoisotopic (exact) mass is 252 g/mol. The van der Waals surface area contributed by atoms with Crippen molar-refractivity contribution >= 4 is 5.97 Å². The number of hydrogen-bond donors (Lipinski definition) is 3. The summed E-state index contributed by atoms with van der Waals surface area (Å²) in [5, 5.41) is 27.3. The van der Waals surface area contributed by atoms with Gasteiger partial charge in [0.2, 0.25) is 5.60 Å². The van der Waals surface area contributed by atoms with Gasteiger partial charge in [-0.2, -0.15) is 13.2 Å². The molecule has 0 aromatic rings. The average molecular weight is 252 g/mol. The summed E-state index contributed by atoms with van der Waals surface area (Å²) < 4.78 is 38.3. The highest BCUT2D eigenvalue weighted by atomic mass is 19.4. The molecule has 0 aliphatic heterocycles. The lowest BCUT2D eigenvalue weighted by atomic mass is 9.67. The molecular formula is C10H11F3O4. The number of aliphatic hydroxyl groups is 2. The van der Waals surface area contributed by atoms with Crippen LogP contribution in [-0.4, -0.2) is 39.7 Å². The van der Waals surface area contributed by atoms with Gasteiger partial charge < -0.3 is 15.3 Å². The van der Waals surface area contributed by atoms with Crippen LogP contribution < -0.4 is 0 Å². The fourth-order valence-corrected chi connectivity index (χ4v) is 1.75. The number of rotatable bonds is 3. The van der Waals surface area contributed by atoms with Crippen molar-refractivity contribution in [1.82, 2.24) is 0 Å². The molecule has 0 spiro atoms. The maximum absolute atomic E-state index is 12.8. The van der Waals surface area contributed by atoms with E-state index < -0.39 is 36.2 Å². The quantitative estimate of drug-likeness (QED) is 0.696. The molecule has 0 amide bonds. The Hall–Kier alpha value is -1.34. The summed E-state index contributed by atoms with van der Waals surface area (Å²) in [7, 11) is 0. The van der Waals surface area contributed by atoms with Gasteiger partial charge in [0.05, 0.1) is 6.61 Å². The van der Waals surface area contributed by atoms with Crippen LogP contribution in [0.25, 0.3) is 0 Å². The van der Waals surface area contributed by atoms with Gasteiger partial charge in [-0.25, -0.2) is 0 Å². The minimum atomic E-state index is -5.25. The number of aliphatic carboxylic acids is 1. The van der Waals surface area contributed by atoms with Crippen LogP contribution in [0.4, 0.5) is 13.2 Å². The van der Waals surface area contributed by atoms with Crippen LogP contribution >= 0.6 is 0 Å². The summed E-state index contributed by atoms with van der Waals surface area (Å²) in [5.74, 6) is -1.84. The van der Waals surface area contributed by atoms with Crippen LogP contribution in [0.2, 0.25) is 0 Å². The Morgan fingerprint density at radius 3 is 2.24 bits per heavy atom. The van der Waals surface area contributed by atoms with Crippen LogP contribution in [0.3, 0.4) is 0 Å². The second kappa shape index (κ2) is 4.15. The van der Waals surface area contributed by atoms with E-state index in [1.807, 2.05) is 0 Å². The van der Waals surface area contributed by atoms with E-state index in [1.54, 1.807) is 0 Å². The van der Waals surface area contributed by atoms with Crippen molar-refractivity contribution < 1.29 is 33.3 Å². The molecular weight excluding hydrogens is 241 g/mol. The van der Waals surface area contributed by atoms with Crippen molar-refractivity contribution in [3.8, 4) is 0 Å². The van der Waals surface area contributed by atoms with Gasteiger partial charge in [-0.1, -0.05) is 24.3 Å². The fourth-order valence-electron chi connectivity index (χ4n) is 1.75. The molecule has 1 aliphatic rings. The van der Waals surface area contributed by atoms with Crippen LogP contribution in [0.5, 0.6) is 0 Å². The summed E-state index contributed by atoms with van der Waals surface area (Å²) in [5.41, 5.74) is -6.32. The number of carbonyl (C=O) groups is 1. The molecule has 2 atom stereocenters. The summed E-state index contributed by atoms with van der Waals surface area (Å²) in [6.07, 6.45) is -1.38. The lowest BCUT2D eigenvalue weighted by Crippen LogP contribution is -2.63. The zero-order valence-electron chi connectivity index (χ0n) is 8.61. The summed E-state index contributed by atoms with van der Waals surface area (Å²) in [6.45, 7) is -1.72. The molecule has 0 saturated heterocycles. The first-order valence-corrected chi connectivity index (χ1v) is 4.69. The Morgan fingerprint density at radius 2 is 1.94 bits per heavy atom. The van der Waals surface area contributed by atoms with E-state index in [-0.39, 0.29) is 0 Å². The Kier molecular flexibility index (Phi) is 3.35. The third-order valence-electron chi connectivity index (χ3n) is 2.89. The Balaban J connectivity index is 3.37. The molecule has 0 bridgehead atoms. The van der Waals surface area contributed by atoms with Gasteiger partial charge in [-0.05, 0) is 6.42 Å². The minimum absolute atomic E-state index is 0.546. The Morgan fingerprint density at radius 1 is 1.35 bits per heavy atom. The first-order chi connectivity index (χ1) is 7.71. The van der Waals surface area contributed by atoms with Crippen molar-refractivity contribution in [3.05, 3.63) is 24.3 Å². The van der Waals surface area contributed by atoms with E-state index >= 15 is 0 Å². The van der Waals surface area contributed by atoms with Crippen LogP contribution in [-0.2, 0) is 4.79 Å². The molecule has 0 aromatic heterocycles. The SMILES string of the molecule is O=C(O)C1(C(O)(CO)C(F)(F)F)C=CC=CC1. The maximum Gasteiger partial charge on any atom is 0.420 e. The average Bonchev–Trinajstić information content (AvgIpc) is 2.27. The highest BCUT2D eigenvalue weighted by Gasteiger charge is 2.68. The maximum atomic E-state index is 12.8. The van der Waals surface area contributed by atoms with Crippen LogP contribution in [0.15, 0.2) is 24.3 Å². The highest BCUT2D eigenvalue weighted by Crippen LogP contribution is 2.48. The molecule has 1 aliphatic carbocycles. The first kappa shape index (κ1) is 13.7. The molecule has 0 saturated carbocycles. The van der Waals surface area contributed by atoms with Gasteiger partial charge in [-0.3, -0.25) is 4.79 Å². The molecule has 0 fully saturated rings. The van der Waals surface area contributed by atoms with E-state index in [0.29, 0.717) is 0 Å². The molecule has 2 unspecified atom stereocenters. The predicted octanol–water partition coefficient (Wildman–Crippen LogP) is 0.859. The van der Waals surface area contributed by atoms with E-state index in [9.17, 15) is 23.1 Å². The lowest BCUT2D eigenvalue weighted by molar-refractivity contribution is -0.302. The van der Waals surface area contributed by atoms with Crippen LogP contribution in [0.1, 0.15) is 6.42 Å². The minimum Gasteiger partial charge on any atom is -0.480 e. The van der Waals surface area contributed by atoms with Crippen molar-refractivity contribution in [2.45, 2.75) is 18.2 Å². The van der Waals surface area contributed by atoms with E-state index in [4.69, 9.17) is 10.2 Å². The summed E-state index contributed by atoms with van der Waals surface area (Å²) in [6, 6.07) is 0. The van der Waals surface area contributed by atoms with Crippen molar-refractivity contribution in [2.24, 2.45) is 5.41 Å². The standard InChI is InChI=1S/C10H11F3O4/c11-10(12,13)9(17,6-14)8(7(15)16)4-2-1-3-5-8/h1-4,14,17H,5-6H2,(H,15,16). The van der Waals surface area contributed by atoms with Gasteiger partial charge in [-0.15, -0.1) is 0 Å². The third kappa shape index (κ3) is 1.85. The topological polar surface area (TPSA) is 77.8 Å². The van der Waals surface area contributed by atoms with Gasteiger partial charge in [0, 0.05) is 0 Å². The summed E-state index contributed by atoms with van der Waals surface area (Å²) >= 11 is 0. The Labute approximate surface area is 94.7 Å². The first-order valence-electron chi connectivity index (χ1n) is 4.69. The smallest absolute Gasteiger partial charge is 0.420 e. The molecule has 3 N–H and O–H groups in total. The largest absolute Gasteiger partial charge is 0.480 e. The second-order valence-corrected chi connectivity index (χ2v) is 3.78. The Bertz CT molecular complexity index is 374. The van der Waals surface area contributed by atoms with Crippen LogP contribution in [0, 0.1) is 5.41 Å². The lowest BCUT2D eigenvalue weighted by Gasteiger charge is -2.42. The number of carboxylic acids is 1. The van der Waals surface area contributed by atoms with Gasteiger partial charge in [0.15, 0.2) is 0 Å². The van der Waals surface area contributed by atoms with Gasteiger partial charge >= 0.3 is 12.1 Å². The number of hydrogen-bond acceptors (Lipinski definition) is 3. The molecule has 4 nitrogen and oxygen atoms in total. The molecule has 0 aromatic carbocycles. The molecule has 7 heteroatoms. The molecule has 0 heterocycles. The molecule has 0 radical (unpaired) electrons. The fraction of sp³-hybridized carbons (Fsp3) is 0.500.